The minimum absolute atomic E-state index is 0.0173. The zero-order valence-electron chi connectivity index (χ0n) is 10.4. The first kappa shape index (κ1) is 15.0. The van der Waals surface area contributed by atoms with Crippen molar-refractivity contribution >= 4 is 29.0 Å². The minimum Gasteiger partial charge on any atom is -0.207 e. The number of benzene rings is 1. The van der Waals surface area contributed by atoms with Gasteiger partial charge in [0.15, 0.2) is 0 Å². The van der Waals surface area contributed by atoms with E-state index in [1.807, 2.05) is 0 Å². The average molecular weight is 351 g/mol. The molecule has 2 aromatic heterocycles. The maximum absolute atomic E-state index is 13.4. The van der Waals surface area contributed by atoms with Gasteiger partial charge in [-0.2, -0.15) is 32.8 Å². The molecule has 3 rings (SSSR count). The van der Waals surface area contributed by atoms with Gasteiger partial charge in [0.2, 0.25) is 0 Å². The first-order chi connectivity index (χ1) is 10.3. The lowest BCUT2D eigenvalue weighted by molar-refractivity contribution is -0.137. The van der Waals surface area contributed by atoms with Crippen LogP contribution in [0.25, 0.3) is 16.9 Å². The van der Waals surface area contributed by atoms with Crippen molar-refractivity contribution in [3.8, 4) is 11.1 Å². The number of nitrogens with zero attached hydrogens (tertiary/aromatic N) is 4. The molecule has 0 saturated carbocycles. The molecular weight excluding hydrogens is 347 g/mol. The van der Waals surface area contributed by atoms with E-state index in [2.05, 4.69) is 15.1 Å². The number of halogens is 6. The molecule has 0 aliphatic rings. The van der Waals surface area contributed by atoms with Crippen LogP contribution in [-0.2, 0) is 6.18 Å². The summed E-state index contributed by atoms with van der Waals surface area (Å²) in [4.78, 5) is 7.55. The highest BCUT2D eigenvalue weighted by molar-refractivity contribution is 6.38. The van der Waals surface area contributed by atoms with Crippen LogP contribution in [0.4, 0.5) is 17.6 Å². The Morgan fingerprint density at radius 1 is 1.14 bits per heavy atom. The minimum atomic E-state index is -4.72. The normalized spacial score (nSPS) is 12.1. The number of hydrogen-bond acceptors (Lipinski definition) is 3. The fourth-order valence-electron chi connectivity index (χ4n) is 1.98. The molecule has 3 aromatic rings. The summed E-state index contributed by atoms with van der Waals surface area (Å²) in [7, 11) is 0. The Hall–Kier alpha value is -1.93. The van der Waals surface area contributed by atoms with Crippen molar-refractivity contribution in [2.45, 2.75) is 6.18 Å². The van der Waals surface area contributed by atoms with E-state index in [-0.39, 0.29) is 21.6 Å². The first-order valence-electron chi connectivity index (χ1n) is 5.71. The topological polar surface area (TPSA) is 43.1 Å². The predicted octanol–water partition coefficient (Wildman–Crippen LogP) is 4.26. The summed E-state index contributed by atoms with van der Waals surface area (Å²) in [5.74, 6) is -0.850. The van der Waals surface area contributed by atoms with Gasteiger partial charge in [-0.3, -0.25) is 0 Å². The van der Waals surface area contributed by atoms with Gasteiger partial charge in [0, 0.05) is 5.56 Å². The highest BCUT2D eigenvalue weighted by atomic mass is 35.5. The molecule has 0 N–H and O–H groups in total. The van der Waals surface area contributed by atoms with Gasteiger partial charge in [-0.25, -0.2) is 4.39 Å². The molecule has 0 aliphatic carbocycles. The van der Waals surface area contributed by atoms with Crippen molar-refractivity contribution in [1.82, 2.24) is 19.6 Å². The summed E-state index contributed by atoms with van der Waals surface area (Å²) in [6.45, 7) is 0. The third kappa shape index (κ3) is 2.38. The summed E-state index contributed by atoms with van der Waals surface area (Å²) in [6.07, 6.45) is -3.60. The van der Waals surface area contributed by atoms with E-state index in [4.69, 9.17) is 23.2 Å². The molecule has 10 heteroatoms. The van der Waals surface area contributed by atoms with Crippen LogP contribution in [0.15, 0.2) is 24.5 Å². The molecule has 114 valence electrons. The van der Waals surface area contributed by atoms with Crippen LogP contribution in [0, 0.1) is 5.82 Å². The molecule has 0 atom stereocenters. The Labute approximate surface area is 130 Å². The van der Waals surface area contributed by atoms with Gasteiger partial charge < -0.3 is 0 Å². The molecule has 4 nitrogen and oxygen atoms in total. The Kier molecular flexibility index (Phi) is 3.45. The van der Waals surface area contributed by atoms with Crippen LogP contribution in [0.3, 0.4) is 0 Å². The highest BCUT2D eigenvalue weighted by Crippen LogP contribution is 2.42. The molecule has 1 aromatic carbocycles. The lowest BCUT2D eigenvalue weighted by atomic mass is 10.0. The van der Waals surface area contributed by atoms with Gasteiger partial charge in [0.25, 0.3) is 5.78 Å². The lowest BCUT2D eigenvalue weighted by Crippen LogP contribution is -2.09. The first-order valence-corrected chi connectivity index (χ1v) is 6.46. The second kappa shape index (κ2) is 5.06. The van der Waals surface area contributed by atoms with Gasteiger partial charge in [-0.05, 0) is 18.2 Å². The maximum atomic E-state index is 13.4. The molecule has 0 unspecified atom stereocenters. The summed E-state index contributed by atoms with van der Waals surface area (Å²) in [5.41, 5.74) is -1.88. The summed E-state index contributed by atoms with van der Waals surface area (Å²) in [5, 5.41) is 3.16. The van der Waals surface area contributed by atoms with Crippen molar-refractivity contribution in [1.29, 1.82) is 0 Å². The fraction of sp³-hybridized carbons (Fsp3) is 0.0833. The van der Waals surface area contributed by atoms with Crippen LogP contribution in [0.5, 0.6) is 0 Å². The number of hydrogen-bond donors (Lipinski definition) is 0. The highest BCUT2D eigenvalue weighted by Gasteiger charge is 2.35. The largest absolute Gasteiger partial charge is 0.417 e. The smallest absolute Gasteiger partial charge is 0.207 e. The van der Waals surface area contributed by atoms with Crippen molar-refractivity contribution < 1.29 is 17.6 Å². The molecule has 22 heavy (non-hydrogen) atoms. The van der Waals surface area contributed by atoms with Crippen molar-refractivity contribution in [2.75, 3.05) is 0 Å². The van der Waals surface area contributed by atoms with E-state index >= 15 is 0 Å². The van der Waals surface area contributed by atoms with Crippen molar-refractivity contribution in [3.63, 3.8) is 0 Å². The van der Waals surface area contributed by atoms with Gasteiger partial charge in [-0.1, -0.05) is 23.2 Å². The zero-order chi connectivity index (χ0) is 16.1. The number of rotatable bonds is 1. The number of fused-ring (bicyclic) bond motifs is 1. The lowest BCUT2D eigenvalue weighted by Gasteiger charge is -2.15. The van der Waals surface area contributed by atoms with E-state index in [1.54, 1.807) is 0 Å². The molecule has 0 radical (unpaired) electrons. The van der Waals surface area contributed by atoms with Gasteiger partial charge in [0.05, 0.1) is 11.1 Å². The molecule has 0 fully saturated rings. The zero-order valence-corrected chi connectivity index (χ0v) is 11.9. The second-order valence-corrected chi connectivity index (χ2v) is 4.94. The number of aromatic nitrogens is 4. The Morgan fingerprint density at radius 2 is 1.86 bits per heavy atom. The Balaban J connectivity index is 2.39. The average Bonchev–Trinajstić information content (AvgIpc) is 2.85. The third-order valence-corrected chi connectivity index (χ3v) is 3.51. The van der Waals surface area contributed by atoms with Crippen LogP contribution < -0.4 is 0 Å². The summed E-state index contributed by atoms with van der Waals surface area (Å²) >= 11 is 12.0. The third-order valence-electron chi connectivity index (χ3n) is 2.88. The molecule has 0 aliphatic heterocycles. The van der Waals surface area contributed by atoms with Crippen LogP contribution in [0.1, 0.15) is 5.56 Å². The van der Waals surface area contributed by atoms with Crippen LogP contribution >= 0.6 is 23.2 Å². The van der Waals surface area contributed by atoms with E-state index in [0.717, 1.165) is 10.8 Å². The predicted molar refractivity (Wildman–Crippen MR) is 71.2 cm³/mol. The molecule has 0 amide bonds. The molecular formula is C12H4Cl2F4N4. The summed E-state index contributed by atoms with van der Waals surface area (Å²) < 4.78 is 53.8. The van der Waals surface area contributed by atoms with E-state index in [9.17, 15) is 17.6 Å². The van der Waals surface area contributed by atoms with E-state index < -0.39 is 23.1 Å². The molecule has 0 bridgehead atoms. The molecule has 0 saturated heterocycles. The molecule has 2 heterocycles. The SMILES string of the molecule is Fc1ccc(C(F)(F)F)c(-c2c(Cl)nc3ncnn3c2Cl)c1. The quantitative estimate of drug-likeness (QED) is 0.486. The monoisotopic (exact) mass is 350 g/mol. The van der Waals surface area contributed by atoms with Crippen molar-refractivity contribution in [2.24, 2.45) is 0 Å². The van der Waals surface area contributed by atoms with Crippen LogP contribution in [-0.4, -0.2) is 19.6 Å². The molecule has 0 spiro atoms. The van der Waals surface area contributed by atoms with E-state index in [0.29, 0.717) is 18.2 Å². The Morgan fingerprint density at radius 3 is 2.55 bits per heavy atom. The summed E-state index contributed by atoms with van der Waals surface area (Å²) in [6, 6.07) is 2.01. The van der Waals surface area contributed by atoms with Gasteiger partial charge >= 0.3 is 6.18 Å². The van der Waals surface area contributed by atoms with Crippen LogP contribution in [0.2, 0.25) is 10.3 Å². The fourth-order valence-corrected chi connectivity index (χ4v) is 2.60. The van der Waals surface area contributed by atoms with Gasteiger partial charge in [-0.15, -0.1) is 0 Å². The second-order valence-electron chi connectivity index (χ2n) is 4.23. The van der Waals surface area contributed by atoms with E-state index in [1.165, 1.54) is 0 Å². The number of alkyl halides is 3. The van der Waals surface area contributed by atoms with Gasteiger partial charge in [0.1, 0.15) is 22.5 Å². The standard InChI is InChI=1S/C12H4Cl2F4N4/c13-9-8(10(14)22-11(21-9)19-4-20-22)6-3-5(15)1-2-7(6)12(16,17)18/h1-4H. The maximum Gasteiger partial charge on any atom is 0.417 e. The Bertz CT molecular complexity index is 875. The van der Waals surface area contributed by atoms with Crippen molar-refractivity contribution in [3.05, 3.63) is 46.2 Å².